The number of hydrogen-bond donors (Lipinski definition) is 2. The zero-order valence-electron chi connectivity index (χ0n) is 12.3. The zero-order chi connectivity index (χ0) is 17.5. The lowest BCUT2D eigenvalue weighted by Crippen LogP contribution is -2.29. The molecule has 0 unspecified atom stereocenters. The molecule has 2 N–H and O–H groups in total. The number of alkyl halides is 3. The van der Waals surface area contributed by atoms with Crippen molar-refractivity contribution in [2.45, 2.75) is 19.0 Å². The van der Waals surface area contributed by atoms with Gasteiger partial charge in [0.15, 0.2) is 0 Å². The highest BCUT2D eigenvalue weighted by molar-refractivity contribution is 7.86. The van der Waals surface area contributed by atoms with Gasteiger partial charge in [-0.05, 0) is 37.1 Å². The van der Waals surface area contributed by atoms with Gasteiger partial charge in [-0.1, -0.05) is 0 Å². The first kappa shape index (κ1) is 19.2. The molecule has 0 aliphatic carbocycles. The Morgan fingerprint density at radius 3 is 2.30 bits per heavy atom. The van der Waals surface area contributed by atoms with Gasteiger partial charge in [0.2, 0.25) is 0 Å². The Morgan fingerprint density at radius 1 is 1.17 bits per heavy atom. The van der Waals surface area contributed by atoms with Crippen LogP contribution in [0, 0.1) is 0 Å². The molecule has 2 amide bonds. The fraction of sp³-hybridized carbons (Fsp3) is 0.462. The molecule has 0 saturated heterocycles. The monoisotopic (exact) mass is 354 g/mol. The number of rotatable bonds is 7. The minimum absolute atomic E-state index is 0.147. The lowest BCUT2D eigenvalue weighted by molar-refractivity contribution is -0.137. The lowest BCUT2D eigenvalue weighted by atomic mass is 10.2. The number of hydrogen-bond acceptors (Lipinski definition) is 4. The molecule has 0 bridgehead atoms. The largest absolute Gasteiger partial charge is 0.416 e. The third kappa shape index (κ3) is 7.33. The minimum Gasteiger partial charge on any atom is -0.338 e. The van der Waals surface area contributed by atoms with E-state index < -0.39 is 27.9 Å². The molecule has 1 rings (SSSR count). The van der Waals surface area contributed by atoms with Crippen molar-refractivity contribution in [2.24, 2.45) is 0 Å². The van der Waals surface area contributed by atoms with Gasteiger partial charge in [0.05, 0.1) is 18.4 Å². The standard InChI is InChI=1S/C13H17F3N2O4S/c1-22-23(20,21)9-3-2-8-17-12(19)18-11-6-4-10(5-7-11)13(14,15)16/h4-7H,2-3,8-9H2,1H3,(H2,17,18,19). The maximum atomic E-state index is 12.4. The number of amides is 2. The van der Waals surface area contributed by atoms with Gasteiger partial charge in [0.25, 0.3) is 10.1 Å². The molecule has 0 fully saturated rings. The van der Waals surface area contributed by atoms with Gasteiger partial charge in [0, 0.05) is 12.2 Å². The van der Waals surface area contributed by atoms with Gasteiger partial charge < -0.3 is 10.6 Å². The summed E-state index contributed by atoms with van der Waals surface area (Å²) in [6.07, 6.45) is -3.69. The average Bonchev–Trinajstić information content (AvgIpc) is 2.46. The number of unbranched alkanes of at least 4 members (excludes halogenated alkanes) is 1. The average molecular weight is 354 g/mol. The van der Waals surface area contributed by atoms with Gasteiger partial charge >= 0.3 is 12.2 Å². The third-order valence-corrected chi connectivity index (χ3v) is 4.13. The van der Waals surface area contributed by atoms with E-state index in [1.54, 1.807) is 0 Å². The smallest absolute Gasteiger partial charge is 0.338 e. The first-order chi connectivity index (χ1) is 10.6. The number of halogens is 3. The summed E-state index contributed by atoms with van der Waals surface area (Å²) in [6, 6.07) is 3.44. The second-order valence-electron chi connectivity index (χ2n) is 4.59. The van der Waals surface area contributed by atoms with Crippen molar-refractivity contribution in [3.63, 3.8) is 0 Å². The normalized spacial score (nSPS) is 12.0. The van der Waals surface area contributed by atoms with Gasteiger partial charge in [-0.2, -0.15) is 21.6 Å². The van der Waals surface area contributed by atoms with Crippen molar-refractivity contribution in [1.82, 2.24) is 5.32 Å². The van der Waals surface area contributed by atoms with Crippen LogP contribution in [0.5, 0.6) is 0 Å². The van der Waals surface area contributed by atoms with Crippen molar-refractivity contribution >= 4 is 21.8 Å². The molecule has 0 saturated carbocycles. The lowest BCUT2D eigenvalue weighted by Gasteiger charge is -2.09. The van der Waals surface area contributed by atoms with Crippen molar-refractivity contribution in [1.29, 1.82) is 0 Å². The molecule has 23 heavy (non-hydrogen) atoms. The molecule has 1 aromatic carbocycles. The van der Waals surface area contributed by atoms with E-state index in [4.69, 9.17) is 0 Å². The van der Waals surface area contributed by atoms with Gasteiger partial charge in [-0.3, -0.25) is 4.18 Å². The Bertz CT molecular complexity index is 615. The second-order valence-corrected chi connectivity index (χ2v) is 6.45. The molecule has 6 nitrogen and oxygen atoms in total. The van der Waals surface area contributed by atoms with Crippen LogP contribution >= 0.6 is 0 Å². The Balaban J connectivity index is 2.32. The van der Waals surface area contributed by atoms with Crippen LogP contribution in [0.1, 0.15) is 18.4 Å². The maximum absolute atomic E-state index is 12.4. The predicted molar refractivity (Wildman–Crippen MR) is 78.5 cm³/mol. The number of anilines is 1. The van der Waals surface area contributed by atoms with Crippen molar-refractivity contribution in [3.05, 3.63) is 29.8 Å². The quantitative estimate of drug-likeness (QED) is 0.582. The zero-order valence-corrected chi connectivity index (χ0v) is 13.1. The van der Waals surface area contributed by atoms with Crippen LogP contribution in [0.4, 0.5) is 23.7 Å². The minimum atomic E-state index is -4.43. The van der Waals surface area contributed by atoms with Crippen LogP contribution in [-0.2, 0) is 20.5 Å². The topological polar surface area (TPSA) is 84.5 Å². The Morgan fingerprint density at radius 2 is 1.78 bits per heavy atom. The van der Waals surface area contributed by atoms with E-state index in [2.05, 4.69) is 14.8 Å². The SMILES string of the molecule is COS(=O)(=O)CCCCNC(=O)Nc1ccc(C(F)(F)F)cc1. The summed E-state index contributed by atoms with van der Waals surface area (Å²) >= 11 is 0. The molecule has 10 heteroatoms. The van der Waals surface area contributed by atoms with Gasteiger partial charge in [-0.25, -0.2) is 4.79 Å². The summed E-state index contributed by atoms with van der Waals surface area (Å²) in [5, 5.41) is 4.85. The van der Waals surface area contributed by atoms with Crippen molar-refractivity contribution in [3.8, 4) is 0 Å². The van der Waals surface area contributed by atoms with E-state index in [1.807, 2.05) is 0 Å². The maximum Gasteiger partial charge on any atom is 0.416 e. The molecular weight excluding hydrogens is 337 g/mol. The number of carbonyl (C=O) groups excluding carboxylic acids is 1. The van der Waals surface area contributed by atoms with Gasteiger partial charge in [-0.15, -0.1) is 0 Å². The summed E-state index contributed by atoms with van der Waals surface area (Å²) < 4.78 is 63.5. The van der Waals surface area contributed by atoms with Crippen LogP contribution in [0.15, 0.2) is 24.3 Å². The summed E-state index contributed by atoms with van der Waals surface area (Å²) in [4.78, 5) is 11.5. The van der Waals surface area contributed by atoms with E-state index in [9.17, 15) is 26.4 Å². The second kappa shape index (κ2) is 8.16. The Labute approximate surface area is 132 Å². The molecule has 0 radical (unpaired) electrons. The summed E-state index contributed by atoms with van der Waals surface area (Å²) in [5.74, 6) is -0.147. The van der Waals surface area contributed by atoms with Crippen LogP contribution < -0.4 is 10.6 Å². The highest BCUT2D eigenvalue weighted by Crippen LogP contribution is 2.29. The molecule has 0 aliphatic heterocycles. The fourth-order valence-corrected chi connectivity index (χ4v) is 2.33. The molecule has 0 aliphatic rings. The summed E-state index contributed by atoms with van der Waals surface area (Å²) in [7, 11) is -2.43. The molecule has 0 atom stereocenters. The van der Waals surface area contributed by atoms with E-state index in [-0.39, 0.29) is 18.0 Å². The number of carbonyl (C=O) groups is 1. The number of benzene rings is 1. The Kier molecular flexibility index (Phi) is 6.82. The fourth-order valence-electron chi connectivity index (χ4n) is 1.61. The predicted octanol–water partition coefficient (Wildman–Crippen LogP) is 2.58. The molecule has 130 valence electrons. The van der Waals surface area contributed by atoms with E-state index >= 15 is 0 Å². The highest BCUT2D eigenvalue weighted by Gasteiger charge is 2.29. The first-order valence-electron chi connectivity index (χ1n) is 6.64. The van der Waals surface area contributed by atoms with Crippen LogP contribution in [-0.4, -0.2) is 33.9 Å². The van der Waals surface area contributed by atoms with E-state index in [0.717, 1.165) is 31.4 Å². The van der Waals surface area contributed by atoms with Gasteiger partial charge in [0.1, 0.15) is 0 Å². The third-order valence-electron chi connectivity index (χ3n) is 2.83. The van der Waals surface area contributed by atoms with E-state index in [0.29, 0.717) is 12.8 Å². The van der Waals surface area contributed by atoms with E-state index in [1.165, 1.54) is 0 Å². The molecular formula is C13H17F3N2O4S. The van der Waals surface area contributed by atoms with Crippen LogP contribution in [0.25, 0.3) is 0 Å². The molecule has 1 aromatic rings. The number of urea groups is 1. The summed E-state index contributed by atoms with van der Waals surface area (Å²) in [5.41, 5.74) is -0.583. The Hall–Kier alpha value is -1.81. The van der Waals surface area contributed by atoms with Crippen LogP contribution in [0.2, 0.25) is 0 Å². The van der Waals surface area contributed by atoms with Crippen LogP contribution in [0.3, 0.4) is 0 Å². The van der Waals surface area contributed by atoms with Crippen molar-refractivity contribution in [2.75, 3.05) is 24.7 Å². The number of nitrogens with one attached hydrogen (secondary N) is 2. The highest BCUT2D eigenvalue weighted by atomic mass is 32.2. The molecule has 0 heterocycles. The first-order valence-corrected chi connectivity index (χ1v) is 8.22. The van der Waals surface area contributed by atoms with Crippen molar-refractivity contribution < 1.29 is 30.6 Å². The summed E-state index contributed by atoms with van der Waals surface area (Å²) in [6.45, 7) is 0.228. The molecule has 0 spiro atoms. The molecule has 0 aromatic heterocycles.